The van der Waals surface area contributed by atoms with Gasteiger partial charge in [-0.05, 0) is 54.4 Å². The molecule has 3 aromatic carbocycles. The number of ether oxygens (including phenoxy) is 2. The lowest BCUT2D eigenvalue weighted by atomic mass is 9.93. The van der Waals surface area contributed by atoms with Crippen molar-refractivity contribution in [3.8, 4) is 11.5 Å². The first-order chi connectivity index (χ1) is 15.6. The van der Waals surface area contributed by atoms with Crippen molar-refractivity contribution in [2.45, 2.75) is 19.3 Å². The molecule has 1 atom stereocenters. The summed E-state index contributed by atoms with van der Waals surface area (Å²) in [5, 5.41) is 3.05. The zero-order chi connectivity index (χ0) is 22.5. The molecule has 1 heterocycles. The van der Waals surface area contributed by atoms with E-state index < -0.39 is 0 Å². The molecule has 0 saturated heterocycles. The topological polar surface area (TPSA) is 72.3 Å². The molecule has 162 valence electrons. The van der Waals surface area contributed by atoms with Gasteiger partial charge < -0.3 is 14.8 Å². The predicted molar refractivity (Wildman–Crippen MR) is 127 cm³/mol. The Bertz CT molecular complexity index is 1170. The summed E-state index contributed by atoms with van der Waals surface area (Å²) >= 11 is 0. The summed E-state index contributed by atoms with van der Waals surface area (Å²) in [4.78, 5) is 22.6. The van der Waals surface area contributed by atoms with Crippen molar-refractivity contribution in [2.75, 3.05) is 14.2 Å². The molecule has 32 heavy (non-hydrogen) atoms. The Labute approximate surface area is 187 Å². The molecule has 1 unspecified atom stereocenters. The summed E-state index contributed by atoms with van der Waals surface area (Å²) in [6.07, 6.45) is 0.232. The van der Waals surface area contributed by atoms with Gasteiger partial charge in [0, 0.05) is 5.71 Å². The number of aliphatic imine (C=N–C) groups is 2. The van der Waals surface area contributed by atoms with Crippen LogP contribution >= 0.6 is 0 Å². The van der Waals surface area contributed by atoms with Gasteiger partial charge in [-0.2, -0.15) is 0 Å². The van der Waals surface area contributed by atoms with Crippen LogP contribution < -0.4 is 14.8 Å². The molecule has 0 aromatic heterocycles. The minimum absolute atomic E-state index is 0.139. The molecule has 1 aliphatic rings. The number of fused-ring (bicyclic) bond motifs is 1. The third-order valence-corrected chi connectivity index (χ3v) is 5.35. The Morgan fingerprint density at radius 3 is 2.00 bits per heavy atom. The average molecular weight is 428 g/mol. The Hall–Kier alpha value is -3.93. The van der Waals surface area contributed by atoms with E-state index in [1.54, 1.807) is 14.2 Å². The molecule has 0 bridgehead atoms. The van der Waals surface area contributed by atoms with E-state index >= 15 is 0 Å². The fourth-order valence-corrected chi connectivity index (χ4v) is 3.71. The number of carbonyl (C=O) groups excluding carboxylic acids is 1. The van der Waals surface area contributed by atoms with Crippen LogP contribution in [0.1, 0.15) is 24.0 Å². The van der Waals surface area contributed by atoms with E-state index in [-0.39, 0.29) is 18.2 Å². The Balaban J connectivity index is 1.66. The molecule has 6 nitrogen and oxygen atoms in total. The molecule has 1 amide bonds. The van der Waals surface area contributed by atoms with Crippen LogP contribution in [0, 0.1) is 0 Å². The largest absolute Gasteiger partial charge is 0.497 e. The number of carbonyl (C=O) groups is 1. The predicted octanol–water partition coefficient (Wildman–Crippen LogP) is 4.98. The van der Waals surface area contributed by atoms with Crippen LogP contribution in [-0.2, 0) is 11.2 Å². The quantitative estimate of drug-likeness (QED) is 0.624. The number of amidine groups is 1. The standard InChI is InChI=1S/C26H25N3O3/c1-17-25(19-10-14-21(32-3)15-11-19)26(28-23-7-5-4-6-22(23)27-17)29-24(30)16-18-8-12-20(31-2)13-9-18/h4-15,25H,16H2,1-3H3,(H,28,29,30). The van der Waals surface area contributed by atoms with Crippen LogP contribution in [0.25, 0.3) is 0 Å². The maximum atomic E-state index is 13.0. The molecule has 0 fully saturated rings. The molecular weight excluding hydrogens is 402 g/mol. The SMILES string of the molecule is COc1ccc(CC(=O)NC2=Nc3ccccc3N=C(C)C2c2ccc(OC)cc2)cc1. The van der Waals surface area contributed by atoms with Crippen LogP contribution in [0.3, 0.4) is 0 Å². The lowest BCUT2D eigenvalue weighted by Crippen LogP contribution is -2.38. The molecule has 0 aliphatic carbocycles. The van der Waals surface area contributed by atoms with Crippen LogP contribution in [-0.4, -0.2) is 31.7 Å². The summed E-state index contributed by atoms with van der Waals surface area (Å²) in [5.41, 5.74) is 4.22. The highest BCUT2D eigenvalue weighted by Crippen LogP contribution is 2.34. The van der Waals surface area contributed by atoms with Gasteiger partial charge in [0.05, 0.1) is 37.9 Å². The zero-order valence-corrected chi connectivity index (χ0v) is 18.3. The van der Waals surface area contributed by atoms with Crippen molar-refractivity contribution < 1.29 is 14.3 Å². The van der Waals surface area contributed by atoms with Crippen LogP contribution in [0.4, 0.5) is 11.4 Å². The minimum atomic E-state index is -0.284. The van der Waals surface area contributed by atoms with Gasteiger partial charge in [-0.15, -0.1) is 0 Å². The number of para-hydroxylation sites is 2. The van der Waals surface area contributed by atoms with Gasteiger partial charge in [-0.1, -0.05) is 36.4 Å². The van der Waals surface area contributed by atoms with Crippen molar-refractivity contribution in [1.29, 1.82) is 0 Å². The summed E-state index contributed by atoms with van der Waals surface area (Å²) in [7, 11) is 3.25. The summed E-state index contributed by atoms with van der Waals surface area (Å²) in [5.74, 6) is 1.65. The number of nitrogens with one attached hydrogen (secondary N) is 1. The van der Waals surface area contributed by atoms with Crippen LogP contribution in [0.5, 0.6) is 11.5 Å². The average Bonchev–Trinajstić information content (AvgIpc) is 2.94. The maximum Gasteiger partial charge on any atom is 0.229 e. The first-order valence-corrected chi connectivity index (χ1v) is 10.4. The Morgan fingerprint density at radius 2 is 1.41 bits per heavy atom. The number of rotatable bonds is 5. The van der Waals surface area contributed by atoms with E-state index in [0.29, 0.717) is 5.84 Å². The molecule has 6 heteroatoms. The van der Waals surface area contributed by atoms with Gasteiger partial charge in [-0.25, -0.2) is 4.99 Å². The molecule has 0 spiro atoms. The summed E-state index contributed by atoms with van der Waals surface area (Å²) in [6, 6.07) is 22.9. The molecule has 3 aromatic rings. The normalized spacial score (nSPS) is 15.0. The van der Waals surface area contributed by atoms with Crippen LogP contribution in [0.2, 0.25) is 0 Å². The van der Waals surface area contributed by atoms with E-state index in [4.69, 9.17) is 19.5 Å². The van der Waals surface area contributed by atoms with Crippen molar-refractivity contribution in [3.05, 3.63) is 83.9 Å². The fourth-order valence-electron chi connectivity index (χ4n) is 3.71. The molecule has 1 aliphatic heterocycles. The number of nitrogens with zero attached hydrogens (tertiary/aromatic N) is 2. The van der Waals surface area contributed by atoms with Gasteiger partial charge in [0.1, 0.15) is 17.3 Å². The van der Waals surface area contributed by atoms with E-state index in [2.05, 4.69) is 5.32 Å². The first kappa shape index (κ1) is 21.3. The van der Waals surface area contributed by atoms with Crippen molar-refractivity contribution in [2.24, 2.45) is 9.98 Å². The van der Waals surface area contributed by atoms with E-state index in [1.165, 1.54) is 0 Å². The second-order valence-electron chi connectivity index (χ2n) is 7.52. The fraction of sp³-hybridized carbons (Fsp3) is 0.192. The lowest BCUT2D eigenvalue weighted by Gasteiger charge is -2.20. The zero-order valence-electron chi connectivity index (χ0n) is 18.3. The monoisotopic (exact) mass is 427 g/mol. The number of methoxy groups -OCH3 is 2. The van der Waals surface area contributed by atoms with Gasteiger partial charge in [0.15, 0.2) is 0 Å². The molecule has 0 saturated carbocycles. The molecular formula is C26H25N3O3. The van der Waals surface area contributed by atoms with Gasteiger partial charge >= 0.3 is 0 Å². The number of amides is 1. The van der Waals surface area contributed by atoms with E-state index in [1.807, 2.05) is 79.7 Å². The minimum Gasteiger partial charge on any atom is -0.497 e. The van der Waals surface area contributed by atoms with Gasteiger partial charge in [-0.3, -0.25) is 9.79 Å². The summed E-state index contributed by atoms with van der Waals surface area (Å²) < 4.78 is 10.5. The van der Waals surface area contributed by atoms with E-state index in [9.17, 15) is 4.79 Å². The third-order valence-electron chi connectivity index (χ3n) is 5.35. The summed E-state index contributed by atoms with van der Waals surface area (Å²) in [6.45, 7) is 1.96. The van der Waals surface area contributed by atoms with Gasteiger partial charge in [0.25, 0.3) is 0 Å². The maximum absolute atomic E-state index is 13.0. The smallest absolute Gasteiger partial charge is 0.229 e. The van der Waals surface area contributed by atoms with Crippen molar-refractivity contribution in [1.82, 2.24) is 5.32 Å². The number of hydrogen-bond acceptors (Lipinski definition) is 5. The third kappa shape index (κ3) is 4.70. The highest BCUT2D eigenvalue weighted by Gasteiger charge is 2.26. The van der Waals surface area contributed by atoms with Crippen molar-refractivity contribution in [3.63, 3.8) is 0 Å². The second-order valence-corrected chi connectivity index (χ2v) is 7.52. The molecule has 1 N–H and O–H groups in total. The van der Waals surface area contributed by atoms with Crippen LogP contribution in [0.15, 0.2) is 82.8 Å². The van der Waals surface area contributed by atoms with Crippen molar-refractivity contribution >= 4 is 28.8 Å². The Kier molecular flexibility index (Phi) is 6.31. The second kappa shape index (κ2) is 9.47. The molecule has 0 radical (unpaired) electrons. The Morgan fingerprint density at radius 1 is 0.844 bits per heavy atom. The molecule has 4 rings (SSSR count). The highest BCUT2D eigenvalue weighted by molar-refractivity contribution is 6.17. The van der Waals surface area contributed by atoms with E-state index in [0.717, 1.165) is 39.7 Å². The number of benzene rings is 3. The highest BCUT2D eigenvalue weighted by atomic mass is 16.5. The van der Waals surface area contributed by atoms with Gasteiger partial charge in [0.2, 0.25) is 5.91 Å². The number of hydrogen-bond donors (Lipinski definition) is 1. The first-order valence-electron chi connectivity index (χ1n) is 10.4. The lowest BCUT2D eigenvalue weighted by molar-refractivity contribution is -0.119.